The molecule has 2 rings (SSSR count). The van der Waals surface area contributed by atoms with Gasteiger partial charge in [0, 0.05) is 9.13 Å². The molecular weight excluding hydrogens is 314 g/mol. The van der Waals surface area contributed by atoms with Crippen LogP contribution in [0.3, 0.4) is 0 Å². The molecule has 16 heavy (non-hydrogen) atoms. The van der Waals surface area contributed by atoms with E-state index in [4.69, 9.17) is 0 Å². The fraction of sp³-hybridized carbons (Fsp3) is 0.143. The van der Waals surface area contributed by atoms with E-state index in [9.17, 15) is 4.39 Å². The van der Waals surface area contributed by atoms with E-state index in [2.05, 4.69) is 28.7 Å². The summed E-state index contributed by atoms with van der Waals surface area (Å²) in [7, 11) is 0. The van der Waals surface area contributed by atoms with Gasteiger partial charge in [-0.25, -0.2) is 4.39 Å². The highest BCUT2D eigenvalue weighted by Crippen LogP contribution is 2.28. The molecule has 0 saturated carbocycles. The molecule has 0 spiro atoms. The number of hydrogen-bond acceptors (Lipinski definition) is 0. The van der Waals surface area contributed by atoms with Crippen molar-refractivity contribution in [2.24, 2.45) is 0 Å². The minimum absolute atomic E-state index is 0.151. The van der Waals surface area contributed by atoms with Crippen LogP contribution in [0, 0.1) is 23.2 Å². The zero-order valence-electron chi connectivity index (χ0n) is 9.22. The van der Waals surface area contributed by atoms with Gasteiger partial charge in [0.15, 0.2) is 0 Å². The van der Waals surface area contributed by atoms with Crippen molar-refractivity contribution < 1.29 is 4.39 Å². The normalized spacial score (nSPS) is 10.5. The second kappa shape index (κ2) is 4.53. The van der Waals surface area contributed by atoms with E-state index >= 15 is 0 Å². The molecule has 0 amide bonds. The molecular formula is C14H12FI. The van der Waals surface area contributed by atoms with Gasteiger partial charge in [-0.05, 0) is 59.7 Å². The quantitative estimate of drug-likeness (QED) is 0.666. The largest absolute Gasteiger partial charge is 0.206 e. The molecule has 0 unspecified atom stereocenters. The number of hydrogen-bond donors (Lipinski definition) is 0. The lowest BCUT2D eigenvalue weighted by atomic mass is 10.0. The van der Waals surface area contributed by atoms with Gasteiger partial charge in [-0.2, -0.15) is 0 Å². The van der Waals surface area contributed by atoms with Gasteiger partial charge in [-0.15, -0.1) is 0 Å². The molecule has 0 aliphatic rings. The van der Waals surface area contributed by atoms with Crippen LogP contribution in [0.2, 0.25) is 0 Å². The molecule has 0 bridgehead atoms. The monoisotopic (exact) mass is 326 g/mol. The molecule has 0 aliphatic carbocycles. The summed E-state index contributed by atoms with van der Waals surface area (Å²) in [4.78, 5) is 0. The Morgan fingerprint density at radius 3 is 2.00 bits per heavy atom. The van der Waals surface area contributed by atoms with Crippen LogP contribution in [0.5, 0.6) is 0 Å². The number of aryl methyl sites for hydroxylation is 2. The number of rotatable bonds is 1. The third kappa shape index (κ3) is 2.26. The highest BCUT2D eigenvalue weighted by atomic mass is 127. The van der Waals surface area contributed by atoms with Crippen molar-refractivity contribution in [3.05, 3.63) is 56.9 Å². The number of benzene rings is 2. The van der Waals surface area contributed by atoms with Gasteiger partial charge in [0.1, 0.15) is 5.82 Å². The highest BCUT2D eigenvalue weighted by molar-refractivity contribution is 14.1. The van der Waals surface area contributed by atoms with E-state index in [1.54, 1.807) is 6.07 Å². The Kier molecular flexibility index (Phi) is 3.28. The maximum absolute atomic E-state index is 13.8. The van der Waals surface area contributed by atoms with Crippen LogP contribution in [-0.4, -0.2) is 0 Å². The predicted molar refractivity (Wildman–Crippen MR) is 74.0 cm³/mol. The summed E-state index contributed by atoms with van der Waals surface area (Å²) < 4.78 is 14.9. The molecule has 0 radical (unpaired) electrons. The third-order valence-electron chi connectivity index (χ3n) is 2.54. The second-order valence-electron chi connectivity index (χ2n) is 3.97. The minimum Gasteiger partial charge on any atom is -0.206 e. The Labute approximate surface area is 109 Å². The first kappa shape index (κ1) is 11.6. The first-order valence-corrected chi connectivity index (χ1v) is 6.18. The van der Waals surface area contributed by atoms with E-state index in [0.717, 1.165) is 14.7 Å². The Morgan fingerprint density at radius 1 is 0.875 bits per heavy atom. The summed E-state index contributed by atoms with van der Waals surface area (Å²) in [5.74, 6) is -0.151. The average Bonchev–Trinajstić information content (AvgIpc) is 2.19. The topological polar surface area (TPSA) is 0 Å². The molecule has 0 saturated heterocycles. The lowest BCUT2D eigenvalue weighted by Crippen LogP contribution is -1.89. The lowest BCUT2D eigenvalue weighted by molar-refractivity contribution is 0.630. The maximum atomic E-state index is 13.8. The smallest absolute Gasteiger partial charge is 0.131 e. The molecule has 0 N–H and O–H groups in total. The maximum Gasteiger partial charge on any atom is 0.131 e. The average molecular weight is 326 g/mol. The van der Waals surface area contributed by atoms with Crippen molar-refractivity contribution in [3.63, 3.8) is 0 Å². The van der Waals surface area contributed by atoms with Gasteiger partial charge in [0.2, 0.25) is 0 Å². The lowest BCUT2D eigenvalue weighted by Gasteiger charge is -2.07. The standard InChI is InChI=1S/C14H12FI/c1-9-3-5-11(13(15)7-9)12-6-4-10(2)8-14(12)16/h3-8H,1-2H3. The second-order valence-corrected chi connectivity index (χ2v) is 5.13. The van der Waals surface area contributed by atoms with Crippen LogP contribution in [0.25, 0.3) is 11.1 Å². The Hall–Kier alpha value is -0.900. The summed E-state index contributed by atoms with van der Waals surface area (Å²) >= 11 is 2.25. The Bertz CT molecular complexity index is 483. The first-order valence-electron chi connectivity index (χ1n) is 5.10. The third-order valence-corrected chi connectivity index (χ3v) is 3.43. The van der Waals surface area contributed by atoms with Gasteiger partial charge < -0.3 is 0 Å². The fourth-order valence-corrected chi connectivity index (χ4v) is 2.64. The van der Waals surface area contributed by atoms with Gasteiger partial charge in [0.05, 0.1) is 0 Å². The molecule has 0 aromatic heterocycles. The van der Waals surface area contributed by atoms with E-state index < -0.39 is 0 Å². The zero-order chi connectivity index (χ0) is 11.7. The van der Waals surface area contributed by atoms with Crippen LogP contribution in [0.4, 0.5) is 4.39 Å². The predicted octanol–water partition coefficient (Wildman–Crippen LogP) is 4.71. The molecule has 2 heteroatoms. The number of halogens is 2. The molecule has 0 atom stereocenters. The van der Waals surface area contributed by atoms with Crippen molar-refractivity contribution in [1.29, 1.82) is 0 Å². The van der Waals surface area contributed by atoms with Crippen molar-refractivity contribution in [2.75, 3.05) is 0 Å². The molecule has 0 nitrogen and oxygen atoms in total. The van der Waals surface area contributed by atoms with Gasteiger partial charge in [-0.3, -0.25) is 0 Å². The molecule has 2 aromatic rings. The SMILES string of the molecule is Cc1ccc(-c2ccc(C)cc2I)c(F)c1. The molecule has 0 heterocycles. The van der Waals surface area contributed by atoms with E-state index in [1.165, 1.54) is 5.56 Å². The highest BCUT2D eigenvalue weighted by Gasteiger charge is 2.08. The minimum atomic E-state index is -0.151. The molecule has 0 fully saturated rings. The van der Waals surface area contributed by atoms with E-state index in [0.29, 0.717) is 5.56 Å². The fourth-order valence-electron chi connectivity index (χ4n) is 1.68. The van der Waals surface area contributed by atoms with Crippen LogP contribution in [0.1, 0.15) is 11.1 Å². The molecule has 0 aliphatic heterocycles. The van der Waals surface area contributed by atoms with Gasteiger partial charge in [0.25, 0.3) is 0 Å². The van der Waals surface area contributed by atoms with Crippen molar-refractivity contribution in [3.8, 4) is 11.1 Å². The van der Waals surface area contributed by atoms with Crippen LogP contribution in [-0.2, 0) is 0 Å². The summed E-state index contributed by atoms with van der Waals surface area (Å²) in [5, 5.41) is 0. The van der Waals surface area contributed by atoms with Gasteiger partial charge in [-0.1, -0.05) is 29.8 Å². The Morgan fingerprint density at radius 2 is 1.44 bits per heavy atom. The molecule has 2 aromatic carbocycles. The van der Waals surface area contributed by atoms with Crippen molar-refractivity contribution in [1.82, 2.24) is 0 Å². The van der Waals surface area contributed by atoms with Crippen LogP contribution < -0.4 is 0 Å². The summed E-state index contributed by atoms with van der Waals surface area (Å²) in [6.07, 6.45) is 0. The van der Waals surface area contributed by atoms with Crippen molar-refractivity contribution >= 4 is 22.6 Å². The van der Waals surface area contributed by atoms with E-state index in [1.807, 2.05) is 38.1 Å². The molecule has 82 valence electrons. The summed E-state index contributed by atoms with van der Waals surface area (Å²) in [6.45, 7) is 3.93. The first-order chi connectivity index (χ1) is 7.58. The van der Waals surface area contributed by atoms with Crippen LogP contribution in [0.15, 0.2) is 36.4 Å². The van der Waals surface area contributed by atoms with E-state index in [-0.39, 0.29) is 5.82 Å². The van der Waals surface area contributed by atoms with Gasteiger partial charge >= 0.3 is 0 Å². The van der Waals surface area contributed by atoms with Crippen molar-refractivity contribution in [2.45, 2.75) is 13.8 Å². The van der Waals surface area contributed by atoms with Crippen LogP contribution >= 0.6 is 22.6 Å². The Balaban J connectivity index is 2.59. The summed E-state index contributed by atoms with van der Waals surface area (Å²) in [6, 6.07) is 11.4. The summed E-state index contributed by atoms with van der Waals surface area (Å²) in [5.41, 5.74) is 3.78. The zero-order valence-corrected chi connectivity index (χ0v) is 11.4.